The minimum absolute atomic E-state index is 0.136. The Morgan fingerprint density at radius 3 is 3.11 bits per heavy atom. The molecule has 102 valence electrons. The van der Waals surface area contributed by atoms with Crippen LogP contribution < -0.4 is 5.32 Å². The summed E-state index contributed by atoms with van der Waals surface area (Å²) in [5.74, 6) is -0.558. The Bertz CT molecular complexity index is 469. The zero-order valence-corrected chi connectivity index (χ0v) is 10.7. The maximum Gasteiger partial charge on any atom is 0.337 e. The van der Waals surface area contributed by atoms with Crippen LogP contribution in [0, 0.1) is 0 Å². The molecule has 1 fully saturated rings. The van der Waals surface area contributed by atoms with E-state index in [4.69, 9.17) is 4.74 Å². The fourth-order valence-electron chi connectivity index (χ4n) is 1.90. The lowest BCUT2D eigenvalue weighted by Gasteiger charge is -2.10. The molecule has 0 aliphatic carbocycles. The molecule has 1 saturated heterocycles. The van der Waals surface area contributed by atoms with Gasteiger partial charge in [0.2, 0.25) is 5.91 Å². The molecule has 1 aromatic rings. The van der Waals surface area contributed by atoms with Gasteiger partial charge in [0.15, 0.2) is 0 Å². The Balaban J connectivity index is 1.92. The number of hydrogen-bond donors (Lipinski definition) is 1. The fraction of sp³-hybridized carbons (Fsp3) is 0.462. The fourth-order valence-corrected chi connectivity index (χ4v) is 1.90. The van der Waals surface area contributed by atoms with E-state index in [0.717, 1.165) is 12.8 Å². The molecule has 0 bridgehead atoms. The Morgan fingerprint density at radius 1 is 1.58 bits per heavy atom. The first kappa shape index (κ1) is 13.5. The average molecular weight is 264 g/mol. The summed E-state index contributed by atoms with van der Waals surface area (Å²) < 4.78 is 9.90. The molecule has 1 atom stereocenters. The molecule has 1 aromatic heterocycles. The van der Waals surface area contributed by atoms with Crippen LogP contribution in [0.5, 0.6) is 0 Å². The first-order chi connectivity index (χ1) is 9.20. The summed E-state index contributed by atoms with van der Waals surface area (Å²) in [6.07, 6.45) is 2.82. The van der Waals surface area contributed by atoms with E-state index in [-0.39, 0.29) is 18.6 Å². The number of methoxy groups -OCH3 is 1. The van der Waals surface area contributed by atoms with Gasteiger partial charge in [0.1, 0.15) is 6.10 Å². The molecule has 6 heteroatoms. The molecule has 2 heterocycles. The van der Waals surface area contributed by atoms with Crippen LogP contribution in [0.25, 0.3) is 0 Å². The molecule has 1 unspecified atom stereocenters. The van der Waals surface area contributed by atoms with E-state index in [2.05, 4.69) is 15.0 Å². The third-order valence-electron chi connectivity index (χ3n) is 2.90. The number of pyridine rings is 1. The van der Waals surface area contributed by atoms with Crippen LogP contribution in [0.1, 0.15) is 28.9 Å². The molecule has 19 heavy (non-hydrogen) atoms. The number of rotatable bonds is 4. The van der Waals surface area contributed by atoms with E-state index in [9.17, 15) is 9.59 Å². The van der Waals surface area contributed by atoms with Crippen molar-refractivity contribution in [2.75, 3.05) is 13.7 Å². The van der Waals surface area contributed by atoms with Gasteiger partial charge in [-0.05, 0) is 25.0 Å². The predicted octanol–water partition coefficient (Wildman–Crippen LogP) is 0.663. The number of aromatic nitrogens is 1. The number of carbonyl (C=O) groups excluding carboxylic acids is 2. The van der Waals surface area contributed by atoms with E-state index in [1.165, 1.54) is 13.3 Å². The Hall–Kier alpha value is -1.95. The van der Waals surface area contributed by atoms with E-state index in [0.29, 0.717) is 17.9 Å². The summed E-state index contributed by atoms with van der Waals surface area (Å²) in [5.41, 5.74) is 1.02. The van der Waals surface area contributed by atoms with Crippen molar-refractivity contribution in [1.82, 2.24) is 10.3 Å². The summed E-state index contributed by atoms with van der Waals surface area (Å²) >= 11 is 0. The van der Waals surface area contributed by atoms with Gasteiger partial charge in [0, 0.05) is 12.8 Å². The lowest BCUT2D eigenvalue weighted by atomic mass is 10.2. The maximum absolute atomic E-state index is 11.7. The normalized spacial score (nSPS) is 18.1. The van der Waals surface area contributed by atoms with Crippen LogP contribution in [0.3, 0.4) is 0 Å². The second-order valence-corrected chi connectivity index (χ2v) is 4.25. The van der Waals surface area contributed by atoms with Crippen LogP contribution in [-0.4, -0.2) is 36.7 Å². The van der Waals surface area contributed by atoms with Crippen LogP contribution in [0.4, 0.5) is 0 Å². The lowest BCUT2D eigenvalue weighted by molar-refractivity contribution is -0.130. The molecular formula is C13H16N2O4. The summed E-state index contributed by atoms with van der Waals surface area (Å²) in [7, 11) is 1.32. The van der Waals surface area contributed by atoms with Gasteiger partial charge < -0.3 is 14.8 Å². The molecule has 1 N–H and O–H groups in total. The highest BCUT2D eigenvalue weighted by Crippen LogP contribution is 2.12. The first-order valence-electron chi connectivity index (χ1n) is 6.13. The van der Waals surface area contributed by atoms with E-state index in [1.54, 1.807) is 12.1 Å². The lowest BCUT2D eigenvalue weighted by Crippen LogP contribution is -2.33. The largest absolute Gasteiger partial charge is 0.465 e. The maximum atomic E-state index is 11.7. The zero-order chi connectivity index (χ0) is 13.7. The average Bonchev–Trinajstić information content (AvgIpc) is 2.98. The van der Waals surface area contributed by atoms with Gasteiger partial charge in [-0.2, -0.15) is 0 Å². The third kappa shape index (κ3) is 3.51. The second kappa shape index (κ2) is 6.29. The van der Waals surface area contributed by atoms with Crippen molar-refractivity contribution in [2.24, 2.45) is 0 Å². The molecule has 0 aromatic carbocycles. The minimum atomic E-state index is -0.422. The Kier molecular flexibility index (Phi) is 4.46. The van der Waals surface area contributed by atoms with Crippen molar-refractivity contribution in [3.05, 3.63) is 29.6 Å². The highest BCUT2D eigenvalue weighted by Gasteiger charge is 2.23. The van der Waals surface area contributed by atoms with Gasteiger partial charge in [-0.25, -0.2) is 4.79 Å². The molecular weight excluding hydrogens is 248 g/mol. The van der Waals surface area contributed by atoms with Crippen molar-refractivity contribution in [3.63, 3.8) is 0 Å². The summed E-state index contributed by atoms with van der Waals surface area (Å²) in [6, 6.07) is 3.17. The summed E-state index contributed by atoms with van der Waals surface area (Å²) in [4.78, 5) is 27.2. The molecule has 6 nitrogen and oxygen atoms in total. The van der Waals surface area contributed by atoms with Crippen LogP contribution in [-0.2, 0) is 20.8 Å². The molecule has 0 saturated carbocycles. The Morgan fingerprint density at radius 2 is 2.42 bits per heavy atom. The molecule has 1 amide bonds. The van der Waals surface area contributed by atoms with Crippen LogP contribution in [0.2, 0.25) is 0 Å². The van der Waals surface area contributed by atoms with Crippen molar-refractivity contribution < 1.29 is 19.1 Å². The molecule has 1 aliphatic heterocycles. The Labute approximate surface area is 111 Å². The summed E-state index contributed by atoms with van der Waals surface area (Å²) in [5, 5.41) is 2.75. The topological polar surface area (TPSA) is 77.5 Å². The SMILES string of the molecule is COC(=O)c1ccnc(CNC(=O)C2CCCO2)c1. The van der Waals surface area contributed by atoms with Crippen molar-refractivity contribution in [3.8, 4) is 0 Å². The first-order valence-corrected chi connectivity index (χ1v) is 6.13. The van der Waals surface area contributed by atoms with Crippen molar-refractivity contribution in [1.29, 1.82) is 0 Å². The van der Waals surface area contributed by atoms with Gasteiger partial charge in [-0.3, -0.25) is 9.78 Å². The minimum Gasteiger partial charge on any atom is -0.465 e. The van der Waals surface area contributed by atoms with E-state index < -0.39 is 5.97 Å². The van der Waals surface area contributed by atoms with Gasteiger partial charge in [0.05, 0.1) is 24.9 Å². The summed E-state index contributed by atoms with van der Waals surface area (Å²) in [6.45, 7) is 0.900. The number of esters is 1. The van der Waals surface area contributed by atoms with Crippen molar-refractivity contribution in [2.45, 2.75) is 25.5 Å². The molecule has 0 spiro atoms. The number of nitrogens with zero attached hydrogens (tertiary/aromatic N) is 1. The van der Waals surface area contributed by atoms with Crippen LogP contribution in [0.15, 0.2) is 18.3 Å². The van der Waals surface area contributed by atoms with E-state index >= 15 is 0 Å². The zero-order valence-electron chi connectivity index (χ0n) is 10.7. The predicted molar refractivity (Wildman–Crippen MR) is 66.4 cm³/mol. The van der Waals surface area contributed by atoms with E-state index in [1.807, 2.05) is 0 Å². The molecule has 2 rings (SSSR count). The van der Waals surface area contributed by atoms with Gasteiger partial charge >= 0.3 is 5.97 Å². The molecule has 0 radical (unpaired) electrons. The number of hydrogen-bond acceptors (Lipinski definition) is 5. The van der Waals surface area contributed by atoms with Crippen molar-refractivity contribution >= 4 is 11.9 Å². The third-order valence-corrected chi connectivity index (χ3v) is 2.90. The number of ether oxygens (including phenoxy) is 2. The molecule has 1 aliphatic rings. The van der Waals surface area contributed by atoms with Gasteiger partial charge in [-0.15, -0.1) is 0 Å². The van der Waals surface area contributed by atoms with Gasteiger partial charge in [-0.1, -0.05) is 0 Å². The number of nitrogens with one attached hydrogen (secondary N) is 1. The smallest absolute Gasteiger partial charge is 0.337 e. The van der Waals surface area contributed by atoms with Crippen LogP contribution >= 0.6 is 0 Å². The number of amides is 1. The highest BCUT2D eigenvalue weighted by molar-refractivity contribution is 5.89. The quantitative estimate of drug-likeness (QED) is 0.808. The second-order valence-electron chi connectivity index (χ2n) is 4.25. The standard InChI is InChI=1S/C13H16N2O4/c1-18-13(17)9-4-5-14-10(7-9)8-15-12(16)11-3-2-6-19-11/h4-5,7,11H,2-3,6,8H2,1H3,(H,15,16). The number of carbonyl (C=O) groups is 2. The monoisotopic (exact) mass is 264 g/mol. The van der Waals surface area contributed by atoms with Gasteiger partial charge in [0.25, 0.3) is 0 Å². The highest BCUT2D eigenvalue weighted by atomic mass is 16.5.